The first-order valence-corrected chi connectivity index (χ1v) is 10.7. The minimum absolute atomic E-state index is 0.250. The third-order valence-electron chi connectivity index (χ3n) is 4.33. The second kappa shape index (κ2) is 8.31. The molecule has 144 valence electrons. The monoisotopic (exact) mass is 416 g/mol. The number of allylic oxidation sites excluding steroid dienone is 1. The Morgan fingerprint density at radius 1 is 1.54 bits per heavy atom. The van der Waals surface area contributed by atoms with Gasteiger partial charge in [0.15, 0.2) is 10.6 Å². The normalized spacial score (nSPS) is 25.7. The number of thiophene rings is 1. The molecule has 0 aliphatic carbocycles. The summed E-state index contributed by atoms with van der Waals surface area (Å²) in [4.78, 5) is 1.67. The first-order valence-electron chi connectivity index (χ1n) is 8.14. The highest BCUT2D eigenvalue weighted by atomic mass is 35.5. The Kier molecular flexibility index (Phi) is 6.79. The lowest BCUT2D eigenvalue weighted by Gasteiger charge is -2.43. The van der Waals surface area contributed by atoms with Crippen molar-refractivity contribution in [3.05, 3.63) is 27.0 Å². The van der Waals surface area contributed by atoms with Crippen LogP contribution in [-0.2, 0) is 21.5 Å². The van der Waals surface area contributed by atoms with Crippen molar-refractivity contribution in [2.75, 3.05) is 26.0 Å². The van der Waals surface area contributed by atoms with Crippen LogP contribution in [0, 0.1) is 10.8 Å². The van der Waals surface area contributed by atoms with Gasteiger partial charge in [0.05, 0.1) is 16.5 Å². The van der Waals surface area contributed by atoms with Crippen molar-refractivity contribution >= 4 is 51.7 Å². The molecule has 1 aromatic heterocycles. The number of ether oxygens (including phenoxy) is 1. The van der Waals surface area contributed by atoms with E-state index >= 15 is 0 Å². The van der Waals surface area contributed by atoms with E-state index in [0.29, 0.717) is 29.5 Å². The van der Waals surface area contributed by atoms with Crippen LogP contribution < -0.4 is 10.6 Å². The zero-order chi connectivity index (χ0) is 19.5. The standard InChI is InChI=1S/C17H25ClN4O2S2/c1-16(2)15(20)22-17(3,10-26(16)23)14-12(18)7-13(25-14)11(8-19)9-21-5-6-24-4/h7-9,19,21H,5-6,10H2,1-4H3,(H2,20,22)/b11-9+,19-8?/t17-,26?/m0/s1. The summed E-state index contributed by atoms with van der Waals surface area (Å²) in [7, 11) is 1.63. The van der Waals surface area contributed by atoms with Crippen LogP contribution in [-0.4, -0.2) is 47.4 Å². The first kappa shape index (κ1) is 21.2. The van der Waals surface area contributed by atoms with Gasteiger partial charge in [-0.05, 0) is 38.0 Å². The Hall–Kier alpha value is -1.06. The van der Waals surface area contributed by atoms with Gasteiger partial charge in [0.1, 0.15) is 11.3 Å². The molecule has 4 N–H and O–H groups in total. The average molecular weight is 417 g/mol. The summed E-state index contributed by atoms with van der Waals surface area (Å²) in [6.07, 6.45) is 3.03. The maximum Gasteiger partial charge on any atom is 0.176 e. The molecule has 6 nitrogen and oxygen atoms in total. The van der Waals surface area contributed by atoms with Gasteiger partial charge in [-0.25, -0.2) is 0 Å². The van der Waals surface area contributed by atoms with Crippen LogP contribution in [0.5, 0.6) is 0 Å². The van der Waals surface area contributed by atoms with Gasteiger partial charge in [-0.1, -0.05) is 11.6 Å². The highest BCUT2D eigenvalue weighted by Crippen LogP contribution is 2.42. The molecular weight excluding hydrogens is 392 g/mol. The summed E-state index contributed by atoms with van der Waals surface area (Å²) in [5.74, 6) is 0.622. The number of rotatable bonds is 7. The Morgan fingerprint density at radius 3 is 2.81 bits per heavy atom. The molecule has 1 fully saturated rings. The molecule has 0 saturated carbocycles. The minimum atomic E-state index is -1.19. The van der Waals surface area contributed by atoms with E-state index in [1.54, 1.807) is 27.2 Å². The van der Waals surface area contributed by atoms with Gasteiger partial charge in [0.2, 0.25) is 0 Å². The predicted molar refractivity (Wildman–Crippen MR) is 111 cm³/mol. The smallest absolute Gasteiger partial charge is 0.176 e. The molecule has 2 atom stereocenters. The van der Waals surface area contributed by atoms with E-state index in [4.69, 9.17) is 27.2 Å². The summed E-state index contributed by atoms with van der Waals surface area (Å²) < 4.78 is 16.9. The maximum atomic E-state index is 12.6. The Balaban J connectivity index is 2.29. The molecule has 2 rings (SSSR count). The van der Waals surface area contributed by atoms with Crippen LogP contribution in [0.4, 0.5) is 0 Å². The van der Waals surface area contributed by atoms with E-state index in [1.807, 2.05) is 13.0 Å². The van der Waals surface area contributed by atoms with Crippen molar-refractivity contribution in [2.24, 2.45) is 0 Å². The first-order chi connectivity index (χ1) is 12.2. The largest absolute Gasteiger partial charge is 0.616 e. The highest BCUT2D eigenvalue weighted by Gasteiger charge is 2.50. The molecule has 1 saturated heterocycles. The van der Waals surface area contributed by atoms with Gasteiger partial charge in [-0.2, -0.15) is 0 Å². The predicted octanol–water partition coefficient (Wildman–Crippen LogP) is 2.95. The number of hydrogen-bond donors (Lipinski definition) is 4. The molecule has 0 bridgehead atoms. The molecule has 9 heteroatoms. The van der Waals surface area contributed by atoms with E-state index in [-0.39, 0.29) is 5.84 Å². The molecule has 0 spiro atoms. The summed E-state index contributed by atoms with van der Waals surface area (Å²) in [6.45, 7) is 6.75. The maximum absolute atomic E-state index is 12.6. The lowest BCUT2D eigenvalue weighted by molar-refractivity contribution is 0.203. The topological polar surface area (TPSA) is 104 Å². The van der Waals surface area contributed by atoms with Crippen molar-refractivity contribution in [3.63, 3.8) is 0 Å². The van der Waals surface area contributed by atoms with E-state index in [2.05, 4.69) is 10.6 Å². The Morgan fingerprint density at radius 2 is 2.23 bits per heavy atom. The van der Waals surface area contributed by atoms with E-state index in [9.17, 15) is 4.55 Å². The van der Waals surface area contributed by atoms with Crippen molar-refractivity contribution in [1.82, 2.24) is 10.6 Å². The summed E-state index contributed by atoms with van der Waals surface area (Å²) in [5.41, 5.74) is 0.0313. The summed E-state index contributed by atoms with van der Waals surface area (Å²) in [6, 6.07) is 1.82. The molecule has 0 amide bonds. The number of halogens is 1. The molecule has 26 heavy (non-hydrogen) atoms. The van der Waals surface area contributed by atoms with E-state index in [1.165, 1.54) is 17.6 Å². The molecule has 2 heterocycles. The van der Waals surface area contributed by atoms with Gasteiger partial charge in [-0.3, -0.25) is 5.41 Å². The van der Waals surface area contributed by atoms with E-state index < -0.39 is 21.5 Å². The summed E-state index contributed by atoms with van der Waals surface area (Å²) >= 11 is 6.73. The fourth-order valence-electron chi connectivity index (χ4n) is 2.56. The van der Waals surface area contributed by atoms with Crippen LogP contribution in [0.25, 0.3) is 5.57 Å². The molecule has 1 unspecified atom stereocenters. The van der Waals surface area contributed by atoms with Crippen molar-refractivity contribution in [2.45, 2.75) is 31.1 Å². The zero-order valence-corrected chi connectivity index (χ0v) is 17.8. The quantitative estimate of drug-likeness (QED) is 0.311. The van der Waals surface area contributed by atoms with Gasteiger partial charge < -0.3 is 25.3 Å². The van der Waals surface area contributed by atoms with Crippen LogP contribution in [0.3, 0.4) is 0 Å². The number of methoxy groups -OCH3 is 1. The van der Waals surface area contributed by atoms with Crippen LogP contribution in [0.2, 0.25) is 5.02 Å². The fourth-order valence-corrected chi connectivity index (χ4v) is 5.66. The number of nitrogens with one attached hydrogen (secondary N) is 4. The molecule has 1 aliphatic rings. The fraction of sp³-hybridized carbons (Fsp3) is 0.529. The Bertz CT molecular complexity index is 720. The Labute approximate surface area is 166 Å². The zero-order valence-electron chi connectivity index (χ0n) is 15.4. The summed E-state index contributed by atoms with van der Waals surface area (Å²) in [5, 5.41) is 22.8. The molecule has 0 aromatic carbocycles. The van der Waals surface area contributed by atoms with E-state index in [0.717, 1.165) is 9.75 Å². The molecular formula is C17H25ClN4O2S2. The second-order valence-electron chi connectivity index (χ2n) is 6.81. The van der Waals surface area contributed by atoms with Gasteiger partial charge >= 0.3 is 0 Å². The second-order valence-corrected chi connectivity index (χ2v) is 10.3. The SMILES string of the molecule is COCCN/C=C(\C=N)c1cc(Cl)c([C@]2(C)C[S+]([O-])C(C)(C)C(=N)N2)s1. The number of hydrogen-bond acceptors (Lipinski definition) is 6. The van der Waals surface area contributed by atoms with Crippen molar-refractivity contribution in [1.29, 1.82) is 10.8 Å². The highest BCUT2D eigenvalue weighted by molar-refractivity contribution is 7.93. The van der Waals surface area contributed by atoms with Gasteiger partial charge in [0.25, 0.3) is 0 Å². The number of amidine groups is 1. The molecule has 1 aliphatic heterocycles. The van der Waals surface area contributed by atoms with Crippen molar-refractivity contribution in [3.8, 4) is 0 Å². The van der Waals surface area contributed by atoms with Crippen LogP contribution >= 0.6 is 22.9 Å². The third-order valence-corrected chi connectivity index (χ3v) is 8.37. The van der Waals surface area contributed by atoms with Gasteiger partial charge in [0, 0.05) is 36.5 Å². The van der Waals surface area contributed by atoms with Crippen LogP contribution in [0.1, 0.15) is 30.5 Å². The molecule has 1 aromatic rings. The van der Waals surface area contributed by atoms with Crippen LogP contribution in [0.15, 0.2) is 12.3 Å². The average Bonchev–Trinajstić information content (AvgIpc) is 2.96. The molecule has 0 radical (unpaired) electrons. The van der Waals surface area contributed by atoms with Gasteiger partial charge in [-0.15, -0.1) is 11.3 Å². The lowest BCUT2D eigenvalue weighted by atomic mass is 10.00. The minimum Gasteiger partial charge on any atom is -0.616 e. The van der Waals surface area contributed by atoms with Crippen molar-refractivity contribution < 1.29 is 9.29 Å². The lowest BCUT2D eigenvalue weighted by Crippen LogP contribution is -2.63. The third kappa shape index (κ3) is 4.26.